The van der Waals surface area contributed by atoms with Gasteiger partial charge in [-0.25, -0.2) is 4.39 Å². The average molecular weight is 325 g/mol. The van der Waals surface area contributed by atoms with E-state index in [0.717, 1.165) is 10.0 Å². The maximum absolute atomic E-state index is 13.8. The minimum atomic E-state index is -0.570. The van der Waals surface area contributed by atoms with Gasteiger partial charge in [0.05, 0.1) is 6.10 Å². The Bertz CT molecular complexity index is 597. The zero-order valence-corrected chi connectivity index (χ0v) is 12.2. The summed E-state index contributed by atoms with van der Waals surface area (Å²) in [5, 5.41) is 9.53. The quantitative estimate of drug-likeness (QED) is 0.883. The minimum absolute atomic E-state index is 0.191. The summed E-state index contributed by atoms with van der Waals surface area (Å²) in [7, 11) is 0. The van der Waals surface area contributed by atoms with Crippen molar-refractivity contribution in [2.45, 2.75) is 20.0 Å². The number of aliphatic hydroxyl groups is 1. The van der Waals surface area contributed by atoms with Crippen molar-refractivity contribution in [1.82, 2.24) is 0 Å². The van der Waals surface area contributed by atoms with E-state index in [-0.39, 0.29) is 11.6 Å². The first-order chi connectivity index (χ1) is 8.99. The second-order valence-corrected chi connectivity index (χ2v) is 5.20. The number of ether oxygens (including phenoxy) is 1. The molecule has 0 fully saturated rings. The molecule has 1 atom stereocenters. The molecule has 0 aromatic heterocycles. The fourth-order valence-corrected chi connectivity index (χ4v) is 2.43. The number of benzene rings is 2. The summed E-state index contributed by atoms with van der Waals surface area (Å²) in [5.74, 6) is 0.343. The molecule has 0 heterocycles. The summed E-state index contributed by atoms with van der Waals surface area (Å²) in [4.78, 5) is 0. The number of aryl methyl sites for hydroxylation is 1. The van der Waals surface area contributed by atoms with Gasteiger partial charge >= 0.3 is 0 Å². The monoisotopic (exact) mass is 324 g/mol. The molecule has 4 heteroatoms. The van der Waals surface area contributed by atoms with Gasteiger partial charge in [-0.3, -0.25) is 0 Å². The fourth-order valence-electron chi connectivity index (χ4n) is 1.74. The normalized spacial score (nSPS) is 12.3. The van der Waals surface area contributed by atoms with Crippen molar-refractivity contribution in [2.75, 3.05) is 0 Å². The maximum Gasteiger partial charge on any atom is 0.168 e. The minimum Gasteiger partial charge on any atom is -0.454 e. The van der Waals surface area contributed by atoms with Crippen LogP contribution in [0.4, 0.5) is 4.39 Å². The van der Waals surface area contributed by atoms with Crippen LogP contribution in [0, 0.1) is 12.7 Å². The van der Waals surface area contributed by atoms with Crippen molar-refractivity contribution in [3.8, 4) is 11.5 Å². The van der Waals surface area contributed by atoms with E-state index in [4.69, 9.17) is 4.74 Å². The lowest BCUT2D eigenvalue weighted by Crippen LogP contribution is -1.94. The van der Waals surface area contributed by atoms with Crippen LogP contribution >= 0.6 is 15.9 Å². The zero-order valence-electron chi connectivity index (χ0n) is 10.7. The number of hydrogen-bond donors (Lipinski definition) is 1. The topological polar surface area (TPSA) is 29.5 Å². The number of hydrogen-bond acceptors (Lipinski definition) is 2. The van der Waals surface area contributed by atoms with Crippen molar-refractivity contribution in [1.29, 1.82) is 0 Å². The Morgan fingerprint density at radius 1 is 1.26 bits per heavy atom. The molecule has 0 bridgehead atoms. The number of aliphatic hydroxyl groups excluding tert-OH is 1. The second kappa shape index (κ2) is 5.72. The van der Waals surface area contributed by atoms with E-state index in [2.05, 4.69) is 15.9 Å². The maximum atomic E-state index is 13.8. The summed E-state index contributed by atoms with van der Waals surface area (Å²) in [5.41, 5.74) is 1.30. The molecule has 0 unspecified atom stereocenters. The standard InChI is InChI=1S/C15H14BrFO2/c1-9-4-3-5-14(15(9)17)19-11-6-7-12(10(2)18)13(16)8-11/h3-8,10,18H,1-2H3/t10-/m0/s1. The van der Waals surface area contributed by atoms with Crippen molar-refractivity contribution in [2.24, 2.45) is 0 Å². The summed E-state index contributed by atoms with van der Waals surface area (Å²) in [6, 6.07) is 10.2. The number of halogens is 2. The van der Waals surface area contributed by atoms with E-state index in [1.54, 1.807) is 50.2 Å². The molecule has 2 rings (SSSR count). The lowest BCUT2D eigenvalue weighted by atomic mass is 10.1. The Labute approximate surface area is 120 Å². The second-order valence-electron chi connectivity index (χ2n) is 4.35. The smallest absolute Gasteiger partial charge is 0.168 e. The summed E-state index contributed by atoms with van der Waals surface area (Å²) < 4.78 is 20.1. The van der Waals surface area contributed by atoms with Gasteiger partial charge in [-0.05, 0) is 43.2 Å². The highest BCUT2D eigenvalue weighted by molar-refractivity contribution is 9.10. The third-order valence-electron chi connectivity index (χ3n) is 2.81. The van der Waals surface area contributed by atoms with Gasteiger partial charge in [0.25, 0.3) is 0 Å². The van der Waals surface area contributed by atoms with E-state index < -0.39 is 6.10 Å². The highest BCUT2D eigenvalue weighted by Gasteiger charge is 2.10. The molecular weight excluding hydrogens is 311 g/mol. The Morgan fingerprint density at radius 2 is 2.00 bits per heavy atom. The predicted octanol–water partition coefficient (Wildman–Crippen LogP) is 4.74. The molecular formula is C15H14BrFO2. The summed E-state index contributed by atoms with van der Waals surface area (Å²) >= 11 is 3.36. The average Bonchev–Trinajstić information content (AvgIpc) is 2.34. The first-order valence-electron chi connectivity index (χ1n) is 5.89. The van der Waals surface area contributed by atoms with E-state index >= 15 is 0 Å². The lowest BCUT2D eigenvalue weighted by molar-refractivity contribution is 0.198. The Morgan fingerprint density at radius 3 is 2.63 bits per heavy atom. The van der Waals surface area contributed by atoms with Gasteiger partial charge in [-0.15, -0.1) is 0 Å². The molecule has 2 aromatic rings. The van der Waals surface area contributed by atoms with Crippen molar-refractivity contribution in [3.05, 3.63) is 57.8 Å². The molecule has 0 aliphatic carbocycles. The van der Waals surface area contributed by atoms with Gasteiger partial charge in [0.2, 0.25) is 0 Å². The lowest BCUT2D eigenvalue weighted by Gasteiger charge is -2.11. The molecule has 0 saturated heterocycles. The van der Waals surface area contributed by atoms with Gasteiger partial charge < -0.3 is 9.84 Å². The largest absolute Gasteiger partial charge is 0.454 e. The van der Waals surface area contributed by atoms with Crippen LogP contribution in [-0.4, -0.2) is 5.11 Å². The zero-order chi connectivity index (χ0) is 14.0. The molecule has 0 saturated carbocycles. The summed E-state index contributed by atoms with van der Waals surface area (Å²) in [6.07, 6.45) is -0.570. The predicted molar refractivity (Wildman–Crippen MR) is 76.0 cm³/mol. The van der Waals surface area contributed by atoms with Crippen LogP contribution in [0.3, 0.4) is 0 Å². The van der Waals surface area contributed by atoms with Crippen molar-refractivity contribution in [3.63, 3.8) is 0 Å². The first-order valence-corrected chi connectivity index (χ1v) is 6.69. The highest BCUT2D eigenvalue weighted by atomic mass is 79.9. The van der Waals surface area contributed by atoms with Crippen molar-refractivity contribution < 1.29 is 14.2 Å². The van der Waals surface area contributed by atoms with Crippen LogP contribution in [0.15, 0.2) is 40.9 Å². The SMILES string of the molecule is Cc1cccc(Oc2ccc([C@H](C)O)c(Br)c2)c1F. The third-order valence-corrected chi connectivity index (χ3v) is 3.49. The first kappa shape index (κ1) is 14.0. The molecule has 2 nitrogen and oxygen atoms in total. The fraction of sp³-hybridized carbons (Fsp3) is 0.200. The highest BCUT2D eigenvalue weighted by Crippen LogP contribution is 2.31. The molecule has 2 aromatic carbocycles. The van der Waals surface area contributed by atoms with Crippen LogP contribution in [0.1, 0.15) is 24.2 Å². The third kappa shape index (κ3) is 3.14. The van der Waals surface area contributed by atoms with Crippen LogP contribution < -0.4 is 4.74 Å². The van der Waals surface area contributed by atoms with E-state index in [9.17, 15) is 9.50 Å². The van der Waals surface area contributed by atoms with Crippen LogP contribution in [0.25, 0.3) is 0 Å². The molecule has 0 radical (unpaired) electrons. The number of rotatable bonds is 3. The van der Waals surface area contributed by atoms with E-state index in [1.807, 2.05) is 0 Å². The van der Waals surface area contributed by atoms with E-state index in [1.165, 1.54) is 0 Å². The van der Waals surface area contributed by atoms with Gasteiger partial charge in [0.1, 0.15) is 5.75 Å². The Kier molecular flexibility index (Phi) is 4.22. The van der Waals surface area contributed by atoms with Crippen molar-refractivity contribution >= 4 is 15.9 Å². The molecule has 0 amide bonds. The van der Waals surface area contributed by atoms with Gasteiger partial charge in [0, 0.05) is 4.47 Å². The Balaban J connectivity index is 2.29. The van der Waals surface area contributed by atoms with Crippen LogP contribution in [0.2, 0.25) is 0 Å². The molecule has 0 spiro atoms. The molecule has 0 aliphatic rings. The Hall–Kier alpha value is -1.39. The molecule has 0 aliphatic heterocycles. The summed E-state index contributed by atoms with van der Waals surface area (Å²) in [6.45, 7) is 3.37. The van der Waals surface area contributed by atoms with Crippen LogP contribution in [0.5, 0.6) is 11.5 Å². The van der Waals surface area contributed by atoms with E-state index in [0.29, 0.717) is 11.3 Å². The van der Waals surface area contributed by atoms with Gasteiger partial charge in [-0.2, -0.15) is 0 Å². The molecule has 19 heavy (non-hydrogen) atoms. The van der Waals surface area contributed by atoms with Gasteiger partial charge in [-0.1, -0.05) is 34.1 Å². The molecule has 100 valence electrons. The van der Waals surface area contributed by atoms with Crippen LogP contribution in [-0.2, 0) is 0 Å². The van der Waals surface area contributed by atoms with Gasteiger partial charge in [0.15, 0.2) is 11.6 Å². The molecule has 1 N–H and O–H groups in total.